The van der Waals surface area contributed by atoms with Gasteiger partial charge in [0, 0.05) is 30.5 Å². The predicted molar refractivity (Wildman–Crippen MR) is 149 cm³/mol. The van der Waals surface area contributed by atoms with Crippen LogP contribution in [0.5, 0.6) is 5.75 Å². The third kappa shape index (κ3) is 5.14. The number of aromatic nitrogens is 1. The molecule has 7 nitrogen and oxygen atoms in total. The molecule has 7 heteroatoms. The second-order valence-electron chi connectivity index (χ2n) is 9.62. The number of ether oxygens (including phenoxy) is 1. The Bertz CT molecular complexity index is 1330. The first kappa shape index (κ1) is 26.9. The Morgan fingerprint density at radius 1 is 1.05 bits per heavy atom. The van der Waals surface area contributed by atoms with Gasteiger partial charge in [0.25, 0.3) is 11.7 Å². The molecule has 0 spiro atoms. The molecule has 1 aliphatic rings. The molecule has 0 aliphatic carbocycles. The second-order valence-corrected chi connectivity index (χ2v) is 9.62. The summed E-state index contributed by atoms with van der Waals surface area (Å²) in [4.78, 5) is 34.9. The minimum Gasteiger partial charge on any atom is -0.507 e. The zero-order valence-corrected chi connectivity index (χ0v) is 22.6. The molecule has 1 aromatic heterocycles. The number of likely N-dealkylation sites (tertiary alicyclic amines) is 1. The number of aliphatic hydroxyl groups is 1. The number of benzene rings is 2. The van der Waals surface area contributed by atoms with E-state index in [0.717, 1.165) is 29.9 Å². The number of aliphatic hydroxyl groups excluding tert-OH is 1. The monoisotopic (exact) mass is 513 g/mol. The number of carbonyl (C=O) groups is 2. The maximum atomic E-state index is 13.5. The van der Waals surface area contributed by atoms with E-state index in [-0.39, 0.29) is 23.8 Å². The van der Waals surface area contributed by atoms with Gasteiger partial charge in [-0.1, -0.05) is 32.0 Å². The number of pyridine rings is 1. The van der Waals surface area contributed by atoms with Crippen LogP contribution in [0.2, 0.25) is 0 Å². The number of anilines is 1. The van der Waals surface area contributed by atoms with Gasteiger partial charge in [0.2, 0.25) is 0 Å². The van der Waals surface area contributed by atoms with Gasteiger partial charge in [0.05, 0.1) is 31.0 Å². The quantitative estimate of drug-likeness (QED) is 0.225. The van der Waals surface area contributed by atoms with Gasteiger partial charge in [-0.3, -0.25) is 14.6 Å². The van der Waals surface area contributed by atoms with Crippen LogP contribution in [0.15, 0.2) is 72.4 Å². The second kappa shape index (κ2) is 11.5. The first-order valence-electron chi connectivity index (χ1n) is 13.0. The van der Waals surface area contributed by atoms with Gasteiger partial charge < -0.3 is 19.6 Å². The van der Waals surface area contributed by atoms with Gasteiger partial charge in [-0.05, 0) is 73.4 Å². The molecule has 198 valence electrons. The molecular weight excluding hydrogens is 478 g/mol. The molecule has 1 amide bonds. The van der Waals surface area contributed by atoms with Gasteiger partial charge in [-0.2, -0.15) is 0 Å². The molecule has 1 fully saturated rings. The van der Waals surface area contributed by atoms with Gasteiger partial charge in [0.1, 0.15) is 11.5 Å². The zero-order valence-electron chi connectivity index (χ0n) is 22.6. The highest BCUT2D eigenvalue weighted by Crippen LogP contribution is 2.41. The van der Waals surface area contributed by atoms with Crippen molar-refractivity contribution in [1.82, 2.24) is 9.88 Å². The van der Waals surface area contributed by atoms with E-state index in [2.05, 4.69) is 23.7 Å². The highest BCUT2D eigenvalue weighted by Gasteiger charge is 2.46. The minimum absolute atomic E-state index is 0.0707. The van der Waals surface area contributed by atoms with Crippen LogP contribution >= 0.6 is 0 Å². The number of amides is 1. The van der Waals surface area contributed by atoms with E-state index in [9.17, 15) is 14.7 Å². The van der Waals surface area contributed by atoms with Crippen LogP contribution in [0, 0.1) is 0 Å². The van der Waals surface area contributed by atoms with Crippen LogP contribution in [0.1, 0.15) is 62.0 Å². The van der Waals surface area contributed by atoms with Crippen LogP contribution in [-0.2, 0) is 16.1 Å². The summed E-state index contributed by atoms with van der Waals surface area (Å²) in [5.41, 5.74) is 3.90. The fraction of sp³-hybridized carbons (Fsp3) is 0.323. The summed E-state index contributed by atoms with van der Waals surface area (Å²) >= 11 is 0. The smallest absolute Gasteiger partial charge is 0.296 e. The van der Waals surface area contributed by atoms with Crippen molar-refractivity contribution in [2.24, 2.45) is 0 Å². The lowest BCUT2D eigenvalue weighted by Crippen LogP contribution is -2.29. The van der Waals surface area contributed by atoms with Gasteiger partial charge in [-0.25, -0.2) is 0 Å². The summed E-state index contributed by atoms with van der Waals surface area (Å²) in [5, 5.41) is 11.5. The maximum Gasteiger partial charge on any atom is 0.296 e. The summed E-state index contributed by atoms with van der Waals surface area (Å²) in [6.45, 7) is 10.1. The van der Waals surface area contributed by atoms with Crippen molar-refractivity contribution in [2.45, 2.75) is 46.2 Å². The number of carbonyl (C=O) groups excluding carboxylic acids is 2. The predicted octanol–water partition coefficient (Wildman–Crippen LogP) is 5.68. The molecule has 2 aromatic carbocycles. The molecule has 0 radical (unpaired) electrons. The molecule has 1 atom stereocenters. The normalized spacial score (nSPS) is 16.8. The zero-order chi connectivity index (χ0) is 27.4. The highest BCUT2D eigenvalue weighted by molar-refractivity contribution is 6.46. The molecule has 0 bridgehead atoms. The van der Waals surface area contributed by atoms with E-state index in [4.69, 9.17) is 4.74 Å². The summed E-state index contributed by atoms with van der Waals surface area (Å²) in [7, 11) is 1.60. The third-order valence-electron chi connectivity index (χ3n) is 7.06. The lowest BCUT2D eigenvalue weighted by molar-refractivity contribution is -0.140. The minimum atomic E-state index is -0.757. The molecular formula is C31H35N3O4. The van der Waals surface area contributed by atoms with Crippen molar-refractivity contribution < 1.29 is 19.4 Å². The van der Waals surface area contributed by atoms with E-state index in [1.54, 1.807) is 31.5 Å². The Morgan fingerprint density at radius 2 is 1.76 bits per heavy atom. The number of nitrogens with zero attached hydrogens (tertiary/aromatic N) is 3. The van der Waals surface area contributed by atoms with Crippen molar-refractivity contribution in [3.8, 4) is 5.75 Å². The number of methoxy groups -OCH3 is 1. The molecule has 1 N–H and O–H groups in total. The molecule has 0 saturated carbocycles. The lowest BCUT2D eigenvalue weighted by Gasteiger charge is -2.26. The Hall–Kier alpha value is -4.13. The number of Topliss-reactive ketones (excluding diaryl/α,β-unsaturated/α-hetero) is 1. The Morgan fingerprint density at radius 3 is 2.34 bits per heavy atom. The summed E-state index contributed by atoms with van der Waals surface area (Å²) < 4.78 is 5.49. The van der Waals surface area contributed by atoms with E-state index >= 15 is 0 Å². The van der Waals surface area contributed by atoms with E-state index in [1.807, 2.05) is 56.3 Å². The average molecular weight is 514 g/mol. The lowest BCUT2D eigenvalue weighted by atomic mass is 9.93. The van der Waals surface area contributed by atoms with Crippen molar-refractivity contribution in [1.29, 1.82) is 0 Å². The van der Waals surface area contributed by atoms with Gasteiger partial charge in [0.15, 0.2) is 0 Å². The van der Waals surface area contributed by atoms with Gasteiger partial charge in [-0.15, -0.1) is 0 Å². The van der Waals surface area contributed by atoms with Crippen molar-refractivity contribution in [2.75, 3.05) is 25.1 Å². The molecule has 2 heterocycles. The Balaban J connectivity index is 1.86. The van der Waals surface area contributed by atoms with E-state index in [1.165, 1.54) is 4.90 Å². The van der Waals surface area contributed by atoms with Gasteiger partial charge >= 0.3 is 0 Å². The molecule has 3 aromatic rings. The first-order chi connectivity index (χ1) is 18.3. The van der Waals surface area contributed by atoms with Crippen LogP contribution in [0.3, 0.4) is 0 Å². The standard InChI is InChI=1S/C31H35N3O4/c1-6-33(7-2)24-14-11-21(12-15-24)28-27(29(35)22-13-16-26(38-5)25(18-22)20(3)4)30(36)31(37)34(28)19-23-10-8-9-17-32-23/h8-18,20,28,35H,6-7,19H2,1-5H3/b29-27-. The number of ketones is 1. The molecule has 1 unspecified atom stereocenters. The van der Waals surface area contributed by atoms with Crippen LogP contribution < -0.4 is 9.64 Å². The topological polar surface area (TPSA) is 83.0 Å². The Kier molecular flexibility index (Phi) is 8.15. The number of hydrogen-bond donors (Lipinski definition) is 1. The number of hydrogen-bond acceptors (Lipinski definition) is 6. The summed E-state index contributed by atoms with van der Waals surface area (Å²) in [5.74, 6) is -0.733. The molecule has 1 saturated heterocycles. The van der Waals surface area contributed by atoms with Crippen LogP contribution in [0.25, 0.3) is 5.76 Å². The summed E-state index contributed by atoms with van der Waals surface area (Å²) in [6, 6.07) is 17.9. The molecule has 4 rings (SSSR count). The first-order valence-corrected chi connectivity index (χ1v) is 13.0. The third-order valence-corrected chi connectivity index (χ3v) is 7.06. The van der Waals surface area contributed by atoms with Crippen molar-refractivity contribution >= 4 is 23.1 Å². The fourth-order valence-corrected chi connectivity index (χ4v) is 5.00. The molecule has 1 aliphatic heterocycles. The number of rotatable bonds is 9. The van der Waals surface area contributed by atoms with Crippen molar-refractivity contribution in [3.05, 3.63) is 94.8 Å². The Labute approximate surface area is 224 Å². The van der Waals surface area contributed by atoms with Crippen molar-refractivity contribution in [3.63, 3.8) is 0 Å². The highest BCUT2D eigenvalue weighted by atomic mass is 16.5. The van der Waals surface area contributed by atoms with E-state index < -0.39 is 17.7 Å². The van der Waals surface area contributed by atoms with E-state index in [0.29, 0.717) is 17.0 Å². The fourth-order valence-electron chi connectivity index (χ4n) is 5.00. The molecule has 38 heavy (non-hydrogen) atoms. The SMILES string of the molecule is CCN(CC)c1ccc(C2/C(=C(/O)c3ccc(OC)c(C(C)C)c3)C(=O)C(=O)N2Cc2ccccn2)cc1. The van der Waals surface area contributed by atoms with Crippen LogP contribution in [-0.4, -0.2) is 46.9 Å². The largest absolute Gasteiger partial charge is 0.507 e. The summed E-state index contributed by atoms with van der Waals surface area (Å²) in [6.07, 6.45) is 1.66. The maximum absolute atomic E-state index is 13.5. The van der Waals surface area contributed by atoms with Crippen LogP contribution in [0.4, 0.5) is 5.69 Å². The average Bonchev–Trinajstić information content (AvgIpc) is 3.18.